The van der Waals surface area contributed by atoms with Gasteiger partial charge in [0.2, 0.25) is 0 Å². The molecule has 0 saturated carbocycles. The molecule has 0 radical (unpaired) electrons. The molecule has 1 heterocycles. The van der Waals surface area contributed by atoms with Crippen LogP contribution in [0.5, 0.6) is 0 Å². The third kappa shape index (κ3) is 4.16. The standard InChI is InChI=1S/C16H17F2N3O2S2/c17-12-6-9-1-2-11(5-10(9)7-13(12)18)21-4-3-20-16(21)25-24-8-14(19)15(22)23/h3-4,6-7,11,14H,1-2,5,8,19H2,(H,22,23)/t11?,14-/m0/s1. The van der Waals surface area contributed by atoms with Crippen LogP contribution in [0.2, 0.25) is 0 Å². The van der Waals surface area contributed by atoms with Gasteiger partial charge >= 0.3 is 5.97 Å². The van der Waals surface area contributed by atoms with E-state index in [-0.39, 0.29) is 11.8 Å². The Morgan fingerprint density at radius 1 is 1.40 bits per heavy atom. The van der Waals surface area contributed by atoms with E-state index in [0.29, 0.717) is 12.8 Å². The highest BCUT2D eigenvalue weighted by Gasteiger charge is 2.24. The van der Waals surface area contributed by atoms with Gasteiger partial charge in [-0.1, -0.05) is 10.8 Å². The first-order chi connectivity index (χ1) is 12.0. The minimum atomic E-state index is -1.03. The Morgan fingerprint density at radius 3 is 2.84 bits per heavy atom. The highest BCUT2D eigenvalue weighted by Crippen LogP contribution is 2.36. The zero-order valence-corrected chi connectivity index (χ0v) is 14.8. The van der Waals surface area contributed by atoms with Gasteiger partial charge < -0.3 is 15.4 Å². The number of hydrogen-bond acceptors (Lipinski definition) is 5. The van der Waals surface area contributed by atoms with Crippen LogP contribution in [0, 0.1) is 11.6 Å². The molecule has 0 bridgehead atoms. The summed E-state index contributed by atoms with van der Waals surface area (Å²) in [6, 6.07) is 1.76. The second kappa shape index (κ2) is 7.76. The van der Waals surface area contributed by atoms with Crippen molar-refractivity contribution in [3.8, 4) is 0 Å². The number of nitrogens with two attached hydrogens (primary N) is 1. The molecule has 0 amide bonds. The molecule has 25 heavy (non-hydrogen) atoms. The number of aromatic nitrogens is 2. The van der Waals surface area contributed by atoms with E-state index in [1.807, 2.05) is 10.8 Å². The number of nitrogens with zero attached hydrogens (tertiary/aromatic N) is 2. The van der Waals surface area contributed by atoms with Crippen LogP contribution < -0.4 is 5.73 Å². The van der Waals surface area contributed by atoms with Crippen molar-refractivity contribution in [1.82, 2.24) is 9.55 Å². The maximum absolute atomic E-state index is 13.5. The molecule has 9 heteroatoms. The van der Waals surface area contributed by atoms with Crippen LogP contribution >= 0.6 is 21.6 Å². The fourth-order valence-electron chi connectivity index (χ4n) is 2.84. The van der Waals surface area contributed by atoms with Crippen LogP contribution in [-0.2, 0) is 17.6 Å². The van der Waals surface area contributed by atoms with Crippen LogP contribution in [0.3, 0.4) is 0 Å². The van der Waals surface area contributed by atoms with Gasteiger partial charge in [-0.3, -0.25) is 4.79 Å². The van der Waals surface area contributed by atoms with E-state index < -0.39 is 23.6 Å². The molecule has 1 aliphatic carbocycles. The summed E-state index contributed by atoms with van der Waals surface area (Å²) in [6.07, 6.45) is 5.63. The lowest BCUT2D eigenvalue weighted by atomic mass is 9.88. The minimum absolute atomic E-state index is 0.108. The highest BCUT2D eigenvalue weighted by molar-refractivity contribution is 8.76. The maximum Gasteiger partial charge on any atom is 0.321 e. The Hall–Kier alpha value is -1.58. The van der Waals surface area contributed by atoms with Gasteiger partial charge in [0.1, 0.15) is 6.04 Å². The Bertz CT molecular complexity index is 785. The molecule has 3 rings (SSSR count). The Morgan fingerprint density at radius 2 is 2.12 bits per heavy atom. The molecule has 2 atom stereocenters. The van der Waals surface area contributed by atoms with Gasteiger partial charge in [0.25, 0.3) is 0 Å². The lowest BCUT2D eigenvalue weighted by Gasteiger charge is -2.27. The van der Waals surface area contributed by atoms with E-state index in [9.17, 15) is 13.6 Å². The van der Waals surface area contributed by atoms with Crippen molar-refractivity contribution in [1.29, 1.82) is 0 Å². The van der Waals surface area contributed by atoms with E-state index in [1.54, 1.807) is 6.20 Å². The van der Waals surface area contributed by atoms with Crippen LogP contribution in [0.15, 0.2) is 29.7 Å². The van der Waals surface area contributed by atoms with Crippen molar-refractivity contribution in [3.05, 3.63) is 47.3 Å². The van der Waals surface area contributed by atoms with E-state index in [2.05, 4.69) is 4.98 Å². The molecule has 0 aliphatic heterocycles. The normalized spacial score (nSPS) is 18.0. The number of carboxylic acid groups (broad SMARTS) is 1. The molecule has 2 aromatic rings. The van der Waals surface area contributed by atoms with Crippen molar-refractivity contribution in [2.24, 2.45) is 5.73 Å². The van der Waals surface area contributed by atoms with Crippen LogP contribution in [0.25, 0.3) is 0 Å². The summed E-state index contributed by atoms with van der Waals surface area (Å²) in [6.45, 7) is 0. The lowest BCUT2D eigenvalue weighted by molar-refractivity contribution is -0.137. The zero-order valence-electron chi connectivity index (χ0n) is 13.2. The van der Waals surface area contributed by atoms with E-state index >= 15 is 0 Å². The monoisotopic (exact) mass is 385 g/mol. The topological polar surface area (TPSA) is 81.1 Å². The summed E-state index contributed by atoms with van der Waals surface area (Å²) in [4.78, 5) is 15.1. The van der Waals surface area contributed by atoms with Gasteiger partial charge in [-0.2, -0.15) is 0 Å². The van der Waals surface area contributed by atoms with Gasteiger partial charge in [0.05, 0.1) is 0 Å². The van der Waals surface area contributed by atoms with E-state index in [0.717, 1.165) is 22.7 Å². The van der Waals surface area contributed by atoms with Gasteiger partial charge in [0, 0.05) is 24.2 Å². The summed E-state index contributed by atoms with van der Waals surface area (Å²) in [5.74, 6) is -2.39. The molecule has 3 N–H and O–H groups in total. The number of carboxylic acids is 1. The molecule has 1 unspecified atom stereocenters. The lowest BCUT2D eigenvalue weighted by Crippen LogP contribution is -2.32. The average Bonchev–Trinajstić information content (AvgIpc) is 3.04. The predicted octanol–water partition coefficient (Wildman–Crippen LogP) is 3.04. The molecule has 1 aromatic heterocycles. The number of carbonyl (C=O) groups is 1. The third-order valence-corrected chi connectivity index (χ3v) is 6.46. The molecule has 1 aromatic carbocycles. The molecule has 5 nitrogen and oxygen atoms in total. The highest BCUT2D eigenvalue weighted by atomic mass is 33.1. The second-order valence-electron chi connectivity index (χ2n) is 5.86. The summed E-state index contributed by atoms with van der Waals surface area (Å²) in [7, 11) is 2.70. The molecule has 0 fully saturated rings. The summed E-state index contributed by atoms with van der Waals surface area (Å²) in [5.41, 5.74) is 7.16. The first-order valence-corrected chi connectivity index (χ1v) is 10.0. The second-order valence-corrected chi connectivity index (χ2v) is 8.17. The largest absolute Gasteiger partial charge is 0.480 e. The van der Waals surface area contributed by atoms with Gasteiger partial charge in [-0.05, 0) is 53.3 Å². The molecular weight excluding hydrogens is 368 g/mol. The van der Waals surface area contributed by atoms with Gasteiger partial charge in [-0.25, -0.2) is 13.8 Å². The Kier molecular flexibility index (Phi) is 5.65. The number of aliphatic carboxylic acids is 1. The fraction of sp³-hybridized carbons (Fsp3) is 0.375. The average molecular weight is 385 g/mol. The first-order valence-electron chi connectivity index (χ1n) is 7.73. The van der Waals surface area contributed by atoms with Crippen molar-refractivity contribution >= 4 is 27.6 Å². The number of halogens is 2. The van der Waals surface area contributed by atoms with Gasteiger partial charge in [0.15, 0.2) is 16.8 Å². The minimum Gasteiger partial charge on any atom is -0.480 e. The number of imidazole rings is 1. The Balaban J connectivity index is 1.68. The predicted molar refractivity (Wildman–Crippen MR) is 93.6 cm³/mol. The van der Waals surface area contributed by atoms with Crippen LogP contribution in [-0.4, -0.2) is 32.4 Å². The van der Waals surface area contributed by atoms with E-state index in [1.165, 1.54) is 33.7 Å². The summed E-state index contributed by atoms with van der Waals surface area (Å²) < 4.78 is 28.9. The van der Waals surface area contributed by atoms with Crippen molar-refractivity contribution in [3.63, 3.8) is 0 Å². The van der Waals surface area contributed by atoms with Crippen LogP contribution in [0.1, 0.15) is 23.6 Å². The number of hydrogen-bond donors (Lipinski definition) is 2. The molecule has 0 spiro atoms. The molecule has 134 valence electrons. The SMILES string of the molecule is N[C@@H](CSSc1nccn1C1CCc2cc(F)c(F)cc2C1)C(=O)O. The van der Waals surface area contributed by atoms with E-state index in [4.69, 9.17) is 10.8 Å². The Labute approximate surface area is 151 Å². The van der Waals surface area contributed by atoms with Gasteiger partial charge in [-0.15, -0.1) is 0 Å². The third-order valence-electron chi connectivity index (χ3n) is 4.17. The number of rotatable bonds is 6. The maximum atomic E-state index is 13.5. The first kappa shape index (κ1) is 18.2. The molecular formula is C16H17F2N3O2S2. The summed E-state index contributed by atoms with van der Waals surface area (Å²) >= 11 is 0. The number of aryl methyl sites for hydroxylation is 1. The molecule has 1 aliphatic rings. The fourth-order valence-corrected chi connectivity index (χ4v) is 5.05. The smallest absolute Gasteiger partial charge is 0.321 e. The van der Waals surface area contributed by atoms with Crippen molar-refractivity contribution in [2.45, 2.75) is 36.5 Å². The zero-order chi connectivity index (χ0) is 18.0. The van der Waals surface area contributed by atoms with Crippen molar-refractivity contribution in [2.75, 3.05) is 5.75 Å². The van der Waals surface area contributed by atoms with Crippen LogP contribution in [0.4, 0.5) is 8.78 Å². The quantitative estimate of drug-likeness (QED) is 0.744. The summed E-state index contributed by atoms with van der Waals surface area (Å²) in [5, 5.41) is 9.56. The van der Waals surface area contributed by atoms with Crippen molar-refractivity contribution < 1.29 is 18.7 Å². The number of benzene rings is 1. The number of fused-ring (bicyclic) bond motifs is 1. The molecule has 0 saturated heterocycles.